The minimum atomic E-state index is -0.273. The Kier molecular flexibility index (Phi) is 4.30. The summed E-state index contributed by atoms with van der Waals surface area (Å²) in [4.78, 5) is 25.0. The number of ether oxygens (including phenoxy) is 2. The average Bonchev–Trinajstić information content (AvgIpc) is 2.61. The van der Waals surface area contributed by atoms with Crippen LogP contribution in [0.2, 0.25) is 0 Å². The lowest BCUT2D eigenvalue weighted by Gasteiger charge is -2.20. The number of thioether (sulfide) groups is 1. The Morgan fingerprint density at radius 3 is 2.72 bits per heavy atom. The molecule has 0 aromatic heterocycles. The number of hydrogen-bond acceptors (Lipinski definition) is 5. The van der Waals surface area contributed by atoms with E-state index >= 15 is 0 Å². The highest BCUT2D eigenvalue weighted by atomic mass is 79.9. The highest BCUT2D eigenvalue weighted by Gasteiger charge is 2.19. The number of nitrogens with one attached hydrogen (secondary N) is 2. The lowest BCUT2D eigenvalue weighted by Crippen LogP contribution is -2.20. The van der Waals surface area contributed by atoms with E-state index in [1.807, 2.05) is 6.07 Å². The van der Waals surface area contributed by atoms with Gasteiger partial charge in [0.25, 0.3) is 5.91 Å². The van der Waals surface area contributed by atoms with Gasteiger partial charge in [-0.2, -0.15) is 0 Å². The molecule has 0 unspecified atom stereocenters. The molecule has 2 amide bonds. The van der Waals surface area contributed by atoms with Crippen molar-refractivity contribution in [2.24, 2.45) is 0 Å². The zero-order valence-corrected chi connectivity index (χ0v) is 15.3. The van der Waals surface area contributed by atoms with Crippen LogP contribution in [0.25, 0.3) is 0 Å². The van der Waals surface area contributed by atoms with E-state index in [1.165, 1.54) is 11.8 Å². The van der Waals surface area contributed by atoms with Crippen LogP contribution < -0.4 is 20.1 Å². The third kappa shape index (κ3) is 3.32. The van der Waals surface area contributed by atoms with Crippen LogP contribution >= 0.6 is 27.7 Å². The van der Waals surface area contributed by atoms with Gasteiger partial charge in [0.15, 0.2) is 11.5 Å². The SMILES string of the molecule is O=C1CSc2ccc(C(=O)Nc3cc4c(cc3Br)OCCO4)cc2N1. The molecule has 2 N–H and O–H groups in total. The van der Waals surface area contributed by atoms with Crippen molar-refractivity contribution in [2.45, 2.75) is 4.90 Å². The van der Waals surface area contributed by atoms with E-state index in [4.69, 9.17) is 9.47 Å². The van der Waals surface area contributed by atoms with E-state index in [2.05, 4.69) is 26.6 Å². The molecule has 0 spiro atoms. The number of hydrogen-bond donors (Lipinski definition) is 2. The number of carbonyl (C=O) groups is 2. The van der Waals surface area contributed by atoms with E-state index in [1.54, 1.807) is 24.3 Å². The summed E-state index contributed by atoms with van der Waals surface area (Å²) < 4.78 is 11.8. The van der Waals surface area contributed by atoms with Crippen LogP contribution in [0.15, 0.2) is 39.7 Å². The number of anilines is 2. The lowest BCUT2D eigenvalue weighted by atomic mass is 10.1. The first-order chi connectivity index (χ1) is 12.1. The number of halogens is 1. The maximum absolute atomic E-state index is 12.6. The van der Waals surface area contributed by atoms with Crippen molar-refractivity contribution in [2.75, 3.05) is 29.6 Å². The first-order valence-electron chi connectivity index (χ1n) is 7.57. The molecule has 0 fully saturated rings. The smallest absolute Gasteiger partial charge is 0.255 e. The molecule has 4 rings (SSSR count). The summed E-state index contributed by atoms with van der Waals surface area (Å²) in [6.07, 6.45) is 0. The Bertz CT molecular complexity index is 887. The van der Waals surface area contributed by atoms with Gasteiger partial charge in [0.2, 0.25) is 5.91 Å². The standard InChI is InChI=1S/C17H13BrN2O4S/c18-10-6-13-14(24-4-3-23-13)7-11(10)20-17(22)9-1-2-15-12(5-9)19-16(21)8-25-15/h1-2,5-7H,3-4,8H2,(H,19,21)(H,20,22). The molecule has 0 atom stereocenters. The second-order valence-electron chi connectivity index (χ2n) is 5.48. The van der Waals surface area contributed by atoms with Gasteiger partial charge in [0.05, 0.1) is 17.1 Å². The molecule has 25 heavy (non-hydrogen) atoms. The van der Waals surface area contributed by atoms with Crippen molar-refractivity contribution in [3.05, 3.63) is 40.4 Å². The zero-order valence-electron chi connectivity index (χ0n) is 12.9. The topological polar surface area (TPSA) is 76.7 Å². The minimum Gasteiger partial charge on any atom is -0.486 e. The molecule has 2 aromatic rings. The predicted octanol–water partition coefficient (Wildman–Crippen LogP) is 3.52. The first-order valence-corrected chi connectivity index (χ1v) is 9.35. The fourth-order valence-electron chi connectivity index (χ4n) is 2.58. The van der Waals surface area contributed by atoms with Gasteiger partial charge in [-0.3, -0.25) is 9.59 Å². The van der Waals surface area contributed by atoms with Crippen molar-refractivity contribution in [1.82, 2.24) is 0 Å². The number of carbonyl (C=O) groups excluding carboxylic acids is 2. The van der Waals surface area contributed by atoms with Gasteiger partial charge in [-0.05, 0) is 34.1 Å². The van der Waals surface area contributed by atoms with Crippen molar-refractivity contribution >= 4 is 50.9 Å². The first kappa shape index (κ1) is 16.3. The molecule has 0 saturated carbocycles. The van der Waals surface area contributed by atoms with Crippen LogP contribution in [-0.2, 0) is 4.79 Å². The fraction of sp³-hybridized carbons (Fsp3) is 0.176. The van der Waals surface area contributed by atoms with Crippen LogP contribution in [0.5, 0.6) is 11.5 Å². The molecule has 8 heteroatoms. The van der Waals surface area contributed by atoms with Gasteiger partial charge < -0.3 is 20.1 Å². The third-order valence-electron chi connectivity index (χ3n) is 3.75. The summed E-state index contributed by atoms with van der Waals surface area (Å²) >= 11 is 4.89. The maximum Gasteiger partial charge on any atom is 0.255 e. The average molecular weight is 421 g/mol. The molecule has 0 aliphatic carbocycles. The minimum absolute atomic E-state index is 0.0651. The van der Waals surface area contributed by atoms with E-state index in [-0.39, 0.29) is 11.8 Å². The van der Waals surface area contributed by atoms with Gasteiger partial charge in [0.1, 0.15) is 13.2 Å². The van der Waals surface area contributed by atoms with E-state index in [0.717, 1.165) is 4.90 Å². The van der Waals surface area contributed by atoms with Crippen LogP contribution in [-0.4, -0.2) is 30.8 Å². The Balaban J connectivity index is 1.58. The largest absolute Gasteiger partial charge is 0.486 e. The van der Waals surface area contributed by atoms with E-state index in [0.29, 0.717) is 51.9 Å². The number of rotatable bonds is 2. The van der Waals surface area contributed by atoms with Gasteiger partial charge in [-0.25, -0.2) is 0 Å². The molecule has 2 aromatic carbocycles. The summed E-state index contributed by atoms with van der Waals surface area (Å²) in [6, 6.07) is 8.76. The molecule has 0 bridgehead atoms. The Labute approximate surface area is 156 Å². The molecule has 0 radical (unpaired) electrons. The molecule has 128 valence electrons. The van der Waals surface area contributed by atoms with Crippen molar-refractivity contribution in [3.63, 3.8) is 0 Å². The normalized spacial score (nSPS) is 15.2. The van der Waals surface area contributed by atoms with Gasteiger partial charge in [-0.1, -0.05) is 0 Å². The van der Waals surface area contributed by atoms with Crippen molar-refractivity contribution in [3.8, 4) is 11.5 Å². The lowest BCUT2D eigenvalue weighted by molar-refractivity contribution is -0.113. The van der Waals surface area contributed by atoms with Gasteiger partial charge in [-0.15, -0.1) is 11.8 Å². The van der Waals surface area contributed by atoms with Crippen molar-refractivity contribution < 1.29 is 19.1 Å². The summed E-state index contributed by atoms with van der Waals surface area (Å²) in [5.41, 5.74) is 1.71. The van der Waals surface area contributed by atoms with E-state index in [9.17, 15) is 9.59 Å². The molecule has 2 heterocycles. The quantitative estimate of drug-likeness (QED) is 0.776. The Morgan fingerprint density at radius 1 is 1.16 bits per heavy atom. The van der Waals surface area contributed by atoms with E-state index < -0.39 is 0 Å². The zero-order chi connectivity index (χ0) is 17.4. The highest BCUT2D eigenvalue weighted by Crippen LogP contribution is 2.38. The number of amides is 2. The van der Waals surface area contributed by atoms with Crippen molar-refractivity contribution in [1.29, 1.82) is 0 Å². The summed E-state index contributed by atoms with van der Waals surface area (Å²) in [6.45, 7) is 0.980. The summed E-state index contributed by atoms with van der Waals surface area (Å²) in [5, 5.41) is 5.64. The van der Waals surface area contributed by atoms with Crippen LogP contribution in [0, 0.1) is 0 Å². The molecule has 0 saturated heterocycles. The van der Waals surface area contributed by atoms with Gasteiger partial charge in [0, 0.05) is 27.1 Å². The molecule has 2 aliphatic rings. The predicted molar refractivity (Wildman–Crippen MR) is 98.9 cm³/mol. The van der Waals surface area contributed by atoms with Crippen LogP contribution in [0.3, 0.4) is 0 Å². The Morgan fingerprint density at radius 2 is 1.92 bits per heavy atom. The monoisotopic (exact) mass is 420 g/mol. The Hall–Kier alpha value is -2.19. The summed E-state index contributed by atoms with van der Waals surface area (Å²) in [5.74, 6) is 1.29. The van der Waals surface area contributed by atoms with Crippen LogP contribution in [0.4, 0.5) is 11.4 Å². The van der Waals surface area contributed by atoms with Gasteiger partial charge >= 0.3 is 0 Å². The number of benzene rings is 2. The third-order valence-corrected chi connectivity index (χ3v) is 5.48. The second-order valence-corrected chi connectivity index (χ2v) is 7.35. The number of fused-ring (bicyclic) bond motifs is 2. The van der Waals surface area contributed by atoms with Crippen LogP contribution in [0.1, 0.15) is 10.4 Å². The molecule has 2 aliphatic heterocycles. The molecule has 6 nitrogen and oxygen atoms in total. The maximum atomic E-state index is 12.6. The highest BCUT2D eigenvalue weighted by molar-refractivity contribution is 9.10. The molecular weight excluding hydrogens is 408 g/mol. The molecular formula is C17H13BrN2O4S. The summed E-state index contributed by atoms with van der Waals surface area (Å²) in [7, 11) is 0. The second kappa shape index (κ2) is 6.61. The fourth-order valence-corrected chi connectivity index (χ4v) is 3.79.